The largest absolute Gasteiger partial charge is 0.346 e. The number of rotatable bonds is 12. The third-order valence-electron chi connectivity index (χ3n) is 5.30. The zero-order chi connectivity index (χ0) is 20.6. The molecule has 0 aliphatic heterocycles. The Morgan fingerprint density at radius 2 is 1.68 bits per heavy atom. The normalized spacial score (nSPS) is 13.2. The molecule has 0 saturated carbocycles. The van der Waals surface area contributed by atoms with Crippen molar-refractivity contribution in [2.75, 3.05) is 0 Å². The van der Waals surface area contributed by atoms with Gasteiger partial charge in [0.15, 0.2) is 11.5 Å². The van der Waals surface area contributed by atoms with Crippen LogP contribution < -0.4 is 5.32 Å². The minimum atomic E-state index is -0.174. The number of hydrogen-bond donors (Lipinski definition) is 2. The van der Waals surface area contributed by atoms with Crippen molar-refractivity contribution in [3.63, 3.8) is 0 Å². The lowest BCUT2D eigenvalue weighted by atomic mass is 9.93. The molecule has 0 saturated heterocycles. The third kappa shape index (κ3) is 6.64. The van der Waals surface area contributed by atoms with Gasteiger partial charge in [-0.3, -0.25) is 9.89 Å². The number of nitrogens with zero attached hydrogens (tertiary/aromatic N) is 3. The van der Waals surface area contributed by atoms with Crippen LogP contribution in [0.1, 0.15) is 116 Å². The Morgan fingerprint density at radius 3 is 2.29 bits per heavy atom. The fourth-order valence-electron chi connectivity index (χ4n) is 3.44. The molecule has 0 spiro atoms. The predicted molar refractivity (Wildman–Crippen MR) is 114 cm³/mol. The summed E-state index contributed by atoms with van der Waals surface area (Å²) in [6, 6.07) is 1.85. The maximum Gasteiger partial charge on any atom is 0.220 e. The number of aromatic nitrogens is 4. The molecule has 6 heteroatoms. The Bertz CT molecular complexity index is 725. The first-order chi connectivity index (χ1) is 13.3. The number of H-pyrrole nitrogens is 1. The second-order valence-electron chi connectivity index (χ2n) is 9.04. The molecule has 2 heterocycles. The molecule has 0 bridgehead atoms. The summed E-state index contributed by atoms with van der Waals surface area (Å²) in [4.78, 5) is 12.3. The Morgan fingerprint density at radius 1 is 1.07 bits per heavy atom. The van der Waals surface area contributed by atoms with E-state index < -0.39 is 0 Å². The van der Waals surface area contributed by atoms with Crippen LogP contribution in [0.25, 0.3) is 5.65 Å². The Balaban J connectivity index is 1.71. The Hall–Kier alpha value is -1.85. The average molecular weight is 390 g/mol. The Kier molecular flexibility index (Phi) is 8.52. The summed E-state index contributed by atoms with van der Waals surface area (Å²) in [5.41, 5.74) is 1.91. The van der Waals surface area contributed by atoms with E-state index in [0.717, 1.165) is 30.0 Å². The second kappa shape index (κ2) is 10.6. The van der Waals surface area contributed by atoms with Crippen molar-refractivity contribution in [2.45, 2.75) is 110 Å². The zero-order valence-electron chi connectivity index (χ0n) is 18.5. The lowest BCUT2D eigenvalue weighted by Gasteiger charge is -2.16. The molecule has 2 aromatic rings. The van der Waals surface area contributed by atoms with Gasteiger partial charge in [0.25, 0.3) is 0 Å². The number of aromatic amines is 1. The smallest absolute Gasteiger partial charge is 0.220 e. The van der Waals surface area contributed by atoms with Crippen LogP contribution in [0.3, 0.4) is 0 Å². The highest BCUT2D eigenvalue weighted by molar-refractivity contribution is 5.76. The molecule has 2 rings (SSSR count). The van der Waals surface area contributed by atoms with Crippen LogP contribution in [-0.2, 0) is 10.2 Å². The van der Waals surface area contributed by atoms with Gasteiger partial charge in [-0.15, -0.1) is 10.2 Å². The molecule has 6 nitrogen and oxygen atoms in total. The van der Waals surface area contributed by atoms with Gasteiger partial charge in [-0.1, -0.05) is 79.1 Å². The van der Waals surface area contributed by atoms with Crippen molar-refractivity contribution < 1.29 is 4.79 Å². The summed E-state index contributed by atoms with van der Waals surface area (Å²) < 4.78 is 1.88. The number of carbonyl (C=O) groups excluding carboxylic acids is 1. The van der Waals surface area contributed by atoms with Crippen molar-refractivity contribution in [1.29, 1.82) is 0 Å². The predicted octanol–water partition coefficient (Wildman–Crippen LogP) is 5.45. The van der Waals surface area contributed by atoms with Gasteiger partial charge in [-0.25, -0.2) is 4.52 Å². The van der Waals surface area contributed by atoms with E-state index in [4.69, 9.17) is 0 Å². The first kappa shape index (κ1) is 22.4. The number of unbranched alkanes of at least 4 members (excludes halogenated alkanes) is 8. The van der Waals surface area contributed by atoms with Gasteiger partial charge in [0.2, 0.25) is 5.91 Å². The number of carbonyl (C=O) groups is 1. The first-order valence-corrected chi connectivity index (χ1v) is 11.1. The fraction of sp³-hybridized carbons (Fsp3) is 0.773. The quantitative estimate of drug-likeness (QED) is 0.474. The molecule has 0 radical (unpaired) electrons. The molecule has 28 heavy (non-hydrogen) atoms. The van der Waals surface area contributed by atoms with Crippen LogP contribution >= 0.6 is 0 Å². The molecule has 1 unspecified atom stereocenters. The molecule has 0 aliphatic carbocycles. The van der Waals surface area contributed by atoms with Gasteiger partial charge in [0.05, 0.1) is 6.04 Å². The van der Waals surface area contributed by atoms with Crippen molar-refractivity contribution in [2.24, 2.45) is 0 Å². The molecular formula is C22H39N5O. The fourth-order valence-corrected chi connectivity index (χ4v) is 3.44. The summed E-state index contributed by atoms with van der Waals surface area (Å²) in [5, 5.41) is 14.9. The van der Waals surface area contributed by atoms with Crippen LogP contribution in [-0.4, -0.2) is 25.7 Å². The number of hydrogen-bond acceptors (Lipinski definition) is 3. The van der Waals surface area contributed by atoms with E-state index in [9.17, 15) is 4.79 Å². The van der Waals surface area contributed by atoms with Gasteiger partial charge in [-0.2, -0.15) is 0 Å². The molecule has 0 aromatic carbocycles. The maximum absolute atomic E-state index is 12.3. The Labute approximate surface area is 169 Å². The zero-order valence-corrected chi connectivity index (χ0v) is 18.5. The first-order valence-electron chi connectivity index (χ1n) is 11.1. The highest BCUT2D eigenvalue weighted by Gasteiger charge is 2.21. The van der Waals surface area contributed by atoms with E-state index in [1.807, 2.05) is 17.5 Å². The lowest BCUT2D eigenvalue weighted by Crippen LogP contribution is -2.28. The van der Waals surface area contributed by atoms with Crippen molar-refractivity contribution in [3.05, 3.63) is 17.6 Å². The van der Waals surface area contributed by atoms with Crippen LogP contribution in [0.2, 0.25) is 0 Å². The van der Waals surface area contributed by atoms with E-state index in [1.165, 1.54) is 44.9 Å². The van der Waals surface area contributed by atoms with Gasteiger partial charge in [-0.05, 0) is 13.3 Å². The van der Waals surface area contributed by atoms with Crippen LogP contribution in [0.4, 0.5) is 0 Å². The second-order valence-corrected chi connectivity index (χ2v) is 9.04. The van der Waals surface area contributed by atoms with E-state index in [-0.39, 0.29) is 17.4 Å². The molecule has 2 N–H and O–H groups in total. The van der Waals surface area contributed by atoms with Gasteiger partial charge >= 0.3 is 0 Å². The molecule has 0 fully saturated rings. The van der Waals surface area contributed by atoms with Crippen LogP contribution in [0, 0.1) is 0 Å². The topological polar surface area (TPSA) is 75.1 Å². The van der Waals surface area contributed by atoms with Gasteiger partial charge in [0, 0.05) is 23.6 Å². The summed E-state index contributed by atoms with van der Waals surface area (Å²) in [7, 11) is 0. The summed E-state index contributed by atoms with van der Waals surface area (Å²) >= 11 is 0. The van der Waals surface area contributed by atoms with Gasteiger partial charge in [0.1, 0.15) is 0 Å². The molecule has 2 aromatic heterocycles. The van der Waals surface area contributed by atoms with E-state index >= 15 is 0 Å². The average Bonchev–Trinajstić information content (AvgIpc) is 3.20. The SMILES string of the molecule is CCCCCCCCCCCC(=O)NC(C)c1nnc2cc(C(C)(C)C)[nH]n12. The summed E-state index contributed by atoms with van der Waals surface area (Å²) in [5.74, 6) is 0.834. The van der Waals surface area contributed by atoms with Crippen molar-refractivity contribution >= 4 is 11.6 Å². The highest BCUT2D eigenvalue weighted by Crippen LogP contribution is 2.23. The molecule has 1 amide bonds. The van der Waals surface area contributed by atoms with Crippen LogP contribution in [0.15, 0.2) is 6.07 Å². The standard InChI is InChI=1S/C22H39N5O/c1-6-7-8-9-10-11-12-13-14-15-20(28)23-17(2)21-25-24-19-16-18(22(3,4)5)26-27(19)21/h16-17,26H,6-15H2,1-5H3,(H,23,28). The monoisotopic (exact) mass is 389 g/mol. The van der Waals surface area contributed by atoms with E-state index in [0.29, 0.717) is 6.42 Å². The van der Waals surface area contributed by atoms with E-state index in [2.05, 4.69) is 48.3 Å². The number of nitrogens with one attached hydrogen (secondary N) is 2. The van der Waals surface area contributed by atoms with Crippen molar-refractivity contribution in [1.82, 2.24) is 25.1 Å². The van der Waals surface area contributed by atoms with Crippen molar-refractivity contribution in [3.8, 4) is 0 Å². The molecule has 1 atom stereocenters. The highest BCUT2D eigenvalue weighted by atomic mass is 16.1. The third-order valence-corrected chi connectivity index (χ3v) is 5.30. The number of fused-ring (bicyclic) bond motifs is 1. The molecule has 0 aliphatic rings. The summed E-state index contributed by atoms with van der Waals surface area (Å²) in [6.07, 6.45) is 11.9. The lowest BCUT2D eigenvalue weighted by molar-refractivity contribution is -0.121. The molecular weight excluding hydrogens is 350 g/mol. The minimum Gasteiger partial charge on any atom is -0.346 e. The minimum absolute atomic E-state index is 0.0143. The van der Waals surface area contributed by atoms with E-state index in [1.54, 1.807) is 0 Å². The van der Waals surface area contributed by atoms with Crippen LogP contribution in [0.5, 0.6) is 0 Å². The molecule has 158 valence electrons. The maximum atomic E-state index is 12.3. The van der Waals surface area contributed by atoms with Gasteiger partial charge < -0.3 is 5.32 Å². The number of amides is 1. The summed E-state index contributed by atoms with van der Waals surface area (Å²) in [6.45, 7) is 10.7.